The van der Waals surface area contributed by atoms with Crippen LogP contribution in [0.25, 0.3) is 5.82 Å². The van der Waals surface area contributed by atoms with Crippen LogP contribution in [-0.2, 0) is 4.79 Å². The van der Waals surface area contributed by atoms with Crippen molar-refractivity contribution in [3.63, 3.8) is 0 Å². The maximum absolute atomic E-state index is 12.8. The molecule has 0 radical (unpaired) electrons. The molecule has 0 aromatic carbocycles. The summed E-state index contributed by atoms with van der Waals surface area (Å²) in [7, 11) is 1.85. The number of hydrogen-bond donors (Lipinski definition) is 0. The lowest BCUT2D eigenvalue weighted by Crippen LogP contribution is -2.48. The summed E-state index contributed by atoms with van der Waals surface area (Å²) in [4.78, 5) is 33.3. The second-order valence-corrected chi connectivity index (χ2v) is 6.86. The minimum atomic E-state index is -0.390. The predicted molar refractivity (Wildman–Crippen MR) is 89.0 cm³/mol. The molecule has 0 bridgehead atoms. The van der Waals surface area contributed by atoms with Crippen molar-refractivity contribution in [2.24, 2.45) is 5.41 Å². The fourth-order valence-electron chi connectivity index (χ4n) is 3.86. The van der Waals surface area contributed by atoms with Crippen LogP contribution in [-0.4, -0.2) is 68.0 Å². The molecule has 1 unspecified atom stereocenters. The van der Waals surface area contributed by atoms with Gasteiger partial charge < -0.3 is 9.80 Å². The lowest BCUT2D eigenvalue weighted by Gasteiger charge is -2.37. The molecule has 2 fully saturated rings. The molecule has 1 atom stereocenters. The van der Waals surface area contributed by atoms with Crippen LogP contribution in [0.3, 0.4) is 0 Å². The van der Waals surface area contributed by atoms with Crippen LogP contribution in [0.1, 0.15) is 29.6 Å². The minimum absolute atomic E-state index is 0.0688. The van der Waals surface area contributed by atoms with E-state index in [1.54, 1.807) is 45.4 Å². The number of nitrogens with zero attached hydrogens (tertiary/aromatic N) is 6. The third-order valence-electron chi connectivity index (χ3n) is 5.27. The standard InChI is InChI=1S/C17H20N6O2/c1-21-7-2-5-17(16(21)25)6-8-22(10-17)15(24)13-3-4-14(18-9-13)23-11-19-20-12-23/h3-4,9,11-12H,2,5-8,10H2,1H3. The molecular weight excluding hydrogens is 320 g/mol. The summed E-state index contributed by atoms with van der Waals surface area (Å²) >= 11 is 0. The molecule has 25 heavy (non-hydrogen) atoms. The third kappa shape index (κ3) is 2.67. The topological polar surface area (TPSA) is 84.2 Å². The molecule has 2 aromatic heterocycles. The van der Waals surface area contributed by atoms with E-state index in [0.29, 0.717) is 24.5 Å². The van der Waals surface area contributed by atoms with Gasteiger partial charge in [-0.25, -0.2) is 4.98 Å². The van der Waals surface area contributed by atoms with Crippen molar-refractivity contribution < 1.29 is 9.59 Å². The number of carbonyl (C=O) groups excluding carboxylic acids is 2. The molecule has 130 valence electrons. The van der Waals surface area contributed by atoms with Crippen molar-refractivity contribution in [2.45, 2.75) is 19.3 Å². The normalized spacial score (nSPS) is 23.5. The largest absolute Gasteiger partial charge is 0.345 e. The van der Waals surface area contributed by atoms with Crippen molar-refractivity contribution in [3.8, 4) is 5.82 Å². The van der Waals surface area contributed by atoms with E-state index in [4.69, 9.17) is 0 Å². The Balaban J connectivity index is 1.49. The fourth-order valence-corrected chi connectivity index (χ4v) is 3.86. The highest BCUT2D eigenvalue weighted by molar-refractivity contribution is 5.95. The first-order valence-electron chi connectivity index (χ1n) is 8.45. The van der Waals surface area contributed by atoms with Crippen LogP contribution in [0, 0.1) is 5.41 Å². The maximum atomic E-state index is 12.8. The first-order chi connectivity index (χ1) is 12.1. The lowest BCUT2D eigenvalue weighted by atomic mass is 9.78. The average Bonchev–Trinajstić information content (AvgIpc) is 3.30. The monoisotopic (exact) mass is 340 g/mol. The second kappa shape index (κ2) is 5.94. The van der Waals surface area contributed by atoms with Crippen molar-refractivity contribution in [1.82, 2.24) is 29.5 Å². The van der Waals surface area contributed by atoms with Crippen molar-refractivity contribution in [1.29, 1.82) is 0 Å². The van der Waals surface area contributed by atoms with Crippen LogP contribution in [0.15, 0.2) is 31.0 Å². The molecule has 8 heteroatoms. The zero-order valence-corrected chi connectivity index (χ0v) is 14.1. The zero-order chi connectivity index (χ0) is 17.4. The maximum Gasteiger partial charge on any atom is 0.255 e. The minimum Gasteiger partial charge on any atom is -0.345 e. The summed E-state index contributed by atoms with van der Waals surface area (Å²) in [6.45, 7) is 1.93. The Kier molecular flexibility index (Phi) is 3.74. The van der Waals surface area contributed by atoms with E-state index in [0.717, 1.165) is 25.8 Å². The summed E-state index contributed by atoms with van der Waals surface area (Å²) in [5.74, 6) is 0.763. The van der Waals surface area contributed by atoms with Gasteiger partial charge in [0.2, 0.25) is 5.91 Å². The van der Waals surface area contributed by atoms with Gasteiger partial charge in [0.1, 0.15) is 18.5 Å². The van der Waals surface area contributed by atoms with E-state index >= 15 is 0 Å². The van der Waals surface area contributed by atoms with Crippen LogP contribution >= 0.6 is 0 Å². The van der Waals surface area contributed by atoms with Gasteiger partial charge >= 0.3 is 0 Å². The van der Waals surface area contributed by atoms with Crippen molar-refractivity contribution >= 4 is 11.8 Å². The van der Waals surface area contributed by atoms with E-state index in [-0.39, 0.29) is 11.8 Å². The summed E-state index contributed by atoms with van der Waals surface area (Å²) in [6, 6.07) is 3.52. The van der Waals surface area contributed by atoms with E-state index in [9.17, 15) is 9.59 Å². The number of piperidine rings is 1. The van der Waals surface area contributed by atoms with Crippen molar-refractivity contribution in [2.75, 3.05) is 26.7 Å². The highest BCUT2D eigenvalue weighted by Crippen LogP contribution is 2.40. The number of hydrogen-bond acceptors (Lipinski definition) is 5. The Morgan fingerprint density at radius 1 is 1.16 bits per heavy atom. The SMILES string of the molecule is CN1CCCC2(CCN(C(=O)c3ccc(-n4cnnc4)nc3)C2)C1=O. The molecule has 8 nitrogen and oxygen atoms in total. The van der Waals surface area contributed by atoms with E-state index in [1.807, 2.05) is 7.05 Å². The van der Waals surface area contributed by atoms with Crippen molar-refractivity contribution in [3.05, 3.63) is 36.5 Å². The van der Waals surface area contributed by atoms with Crippen LogP contribution in [0.5, 0.6) is 0 Å². The number of carbonyl (C=O) groups is 2. The molecule has 0 saturated carbocycles. The molecule has 4 heterocycles. The molecular formula is C17H20N6O2. The number of likely N-dealkylation sites (tertiary alicyclic amines) is 2. The van der Waals surface area contributed by atoms with Gasteiger partial charge in [0.25, 0.3) is 5.91 Å². The van der Waals surface area contributed by atoms with Gasteiger partial charge in [-0.05, 0) is 31.4 Å². The Morgan fingerprint density at radius 3 is 2.68 bits per heavy atom. The van der Waals surface area contributed by atoms with E-state index < -0.39 is 5.41 Å². The molecule has 4 rings (SSSR count). The molecule has 0 aliphatic carbocycles. The Morgan fingerprint density at radius 2 is 1.96 bits per heavy atom. The van der Waals surface area contributed by atoms with Gasteiger partial charge in [0, 0.05) is 32.9 Å². The summed E-state index contributed by atoms with van der Waals surface area (Å²) in [5.41, 5.74) is 0.142. The third-order valence-corrected chi connectivity index (χ3v) is 5.27. The van der Waals surface area contributed by atoms with E-state index in [1.165, 1.54) is 0 Å². The van der Waals surface area contributed by atoms with Crippen LogP contribution in [0.2, 0.25) is 0 Å². The second-order valence-electron chi connectivity index (χ2n) is 6.86. The lowest BCUT2D eigenvalue weighted by molar-refractivity contribution is -0.143. The molecule has 1 spiro atoms. The molecule has 2 saturated heterocycles. The Bertz CT molecular complexity index is 788. The summed E-state index contributed by atoms with van der Waals surface area (Å²) in [6.07, 6.45) is 7.29. The number of aromatic nitrogens is 4. The van der Waals surface area contributed by atoms with Crippen LogP contribution in [0.4, 0.5) is 0 Å². The average molecular weight is 340 g/mol. The predicted octanol–water partition coefficient (Wildman–Crippen LogP) is 0.747. The number of rotatable bonds is 2. The molecule has 2 aromatic rings. The van der Waals surface area contributed by atoms with Gasteiger partial charge in [0.15, 0.2) is 0 Å². The van der Waals surface area contributed by atoms with E-state index in [2.05, 4.69) is 15.2 Å². The van der Waals surface area contributed by atoms with Gasteiger partial charge in [-0.3, -0.25) is 14.2 Å². The zero-order valence-electron chi connectivity index (χ0n) is 14.1. The smallest absolute Gasteiger partial charge is 0.255 e. The van der Waals surface area contributed by atoms with Gasteiger partial charge in [0.05, 0.1) is 11.0 Å². The highest BCUT2D eigenvalue weighted by atomic mass is 16.2. The fraction of sp³-hybridized carbons (Fsp3) is 0.471. The van der Waals surface area contributed by atoms with Gasteiger partial charge in [-0.15, -0.1) is 10.2 Å². The van der Waals surface area contributed by atoms with Gasteiger partial charge in [-0.1, -0.05) is 0 Å². The first kappa shape index (κ1) is 15.7. The highest BCUT2D eigenvalue weighted by Gasteiger charge is 2.48. The summed E-state index contributed by atoms with van der Waals surface area (Å²) in [5, 5.41) is 7.49. The Hall–Kier alpha value is -2.77. The first-order valence-corrected chi connectivity index (χ1v) is 8.45. The Labute approximate surface area is 145 Å². The molecule has 2 aliphatic rings. The van der Waals surface area contributed by atoms with Crippen LogP contribution < -0.4 is 0 Å². The quantitative estimate of drug-likeness (QED) is 0.805. The van der Waals surface area contributed by atoms with Gasteiger partial charge in [-0.2, -0.15) is 0 Å². The number of pyridine rings is 1. The molecule has 2 amide bonds. The molecule has 0 N–H and O–H groups in total. The summed E-state index contributed by atoms with van der Waals surface area (Å²) < 4.78 is 1.68. The molecule has 2 aliphatic heterocycles. The number of amides is 2.